The number of rotatable bonds is 6. The predicted molar refractivity (Wildman–Crippen MR) is 222 cm³/mol. The molecule has 10 aromatic rings. The summed E-state index contributed by atoms with van der Waals surface area (Å²) < 4.78 is 6.59. The van der Waals surface area contributed by atoms with Gasteiger partial charge in [0.25, 0.3) is 0 Å². The summed E-state index contributed by atoms with van der Waals surface area (Å²) in [6, 6.07) is 64.0. The molecule has 0 radical (unpaired) electrons. The third kappa shape index (κ3) is 5.79. The largest absolute Gasteiger partial charge is 0.455 e. The van der Waals surface area contributed by atoms with E-state index in [1.54, 1.807) is 0 Å². The Balaban J connectivity index is 1.10. The quantitative estimate of drug-likeness (QED) is 0.172. The van der Waals surface area contributed by atoms with Gasteiger partial charge in [0.1, 0.15) is 11.2 Å². The van der Waals surface area contributed by atoms with E-state index in [1.807, 2.05) is 84.9 Å². The predicted octanol–water partition coefficient (Wildman–Crippen LogP) is 12.8. The standard InChI is InChI=1S/C50H30N4O/c51-31-32-21-23-34(24-22-32)40-19-10-20-45-46(40)44-30-43(41-17-7-8-18-42(41)47(44)55-45)35-25-27-37(28-26-35)49-52-48(36-13-5-2-6-14-36)53-50(54-49)39-16-9-15-38(29-39)33-11-3-1-4-12-33/h1-30H. The molecule has 0 spiro atoms. The number of nitrogens with zero attached hydrogens (tertiary/aromatic N) is 4. The normalized spacial score (nSPS) is 11.3. The average Bonchev–Trinajstić information content (AvgIpc) is 3.66. The van der Waals surface area contributed by atoms with E-state index in [0.29, 0.717) is 23.0 Å². The highest BCUT2D eigenvalue weighted by Crippen LogP contribution is 2.43. The van der Waals surface area contributed by atoms with Crippen molar-refractivity contribution in [2.45, 2.75) is 0 Å². The van der Waals surface area contributed by atoms with E-state index >= 15 is 0 Å². The fraction of sp³-hybridized carbons (Fsp3) is 0. The third-order valence-electron chi connectivity index (χ3n) is 10.2. The van der Waals surface area contributed by atoms with Crippen molar-refractivity contribution in [3.05, 3.63) is 188 Å². The van der Waals surface area contributed by atoms with Crippen LogP contribution >= 0.6 is 0 Å². The molecule has 0 N–H and O–H groups in total. The maximum absolute atomic E-state index is 9.39. The van der Waals surface area contributed by atoms with E-state index in [-0.39, 0.29) is 0 Å². The van der Waals surface area contributed by atoms with E-state index in [4.69, 9.17) is 19.4 Å². The van der Waals surface area contributed by atoms with Crippen LogP contribution in [0.3, 0.4) is 0 Å². The molecule has 0 aliphatic heterocycles. The van der Waals surface area contributed by atoms with Crippen LogP contribution < -0.4 is 0 Å². The van der Waals surface area contributed by atoms with Gasteiger partial charge in [-0.15, -0.1) is 0 Å². The second-order valence-electron chi connectivity index (χ2n) is 13.5. The third-order valence-corrected chi connectivity index (χ3v) is 10.2. The van der Waals surface area contributed by atoms with Gasteiger partial charge in [0.15, 0.2) is 17.5 Å². The van der Waals surface area contributed by atoms with Gasteiger partial charge in [0.05, 0.1) is 11.6 Å². The zero-order chi connectivity index (χ0) is 36.7. The highest BCUT2D eigenvalue weighted by Gasteiger charge is 2.19. The number of furan rings is 1. The Labute approximate surface area is 317 Å². The van der Waals surface area contributed by atoms with Crippen molar-refractivity contribution < 1.29 is 4.42 Å². The molecule has 0 amide bonds. The van der Waals surface area contributed by atoms with Crippen molar-refractivity contribution in [1.29, 1.82) is 5.26 Å². The highest BCUT2D eigenvalue weighted by molar-refractivity contribution is 6.22. The molecule has 0 aliphatic rings. The number of fused-ring (bicyclic) bond motifs is 5. The van der Waals surface area contributed by atoms with Gasteiger partial charge in [-0.3, -0.25) is 0 Å². The molecule has 0 saturated carbocycles. The maximum atomic E-state index is 9.39. The Morgan fingerprint density at radius 3 is 1.62 bits per heavy atom. The molecule has 0 unspecified atom stereocenters. The fourth-order valence-electron chi connectivity index (χ4n) is 7.47. The summed E-state index contributed by atoms with van der Waals surface area (Å²) in [4.78, 5) is 15.0. The van der Waals surface area contributed by atoms with Crippen LogP contribution in [0.25, 0.3) is 100 Å². The number of hydrogen-bond donors (Lipinski definition) is 0. The number of hydrogen-bond acceptors (Lipinski definition) is 5. The SMILES string of the molecule is N#Cc1ccc(-c2cccc3oc4c5ccccc5c(-c5ccc(-c6nc(-c7ccccc7)nc(-c7cccc(-c8ccccc8)c7)n6)cc5)cc4c23)cc1. The Bertz CT molecular complexity index is 3070. The van der Waals surface area contributed by atoms with Gasteiger partial charge in [-0.1, -0.05) is 152 Å². The molecule has 5 nitrogen and oxygen atoms in total. The summed E-state index contributed by atoms with van der Waals surface area (Å²) in [5.41, 5.74) is 11.6. The molecule has 0 saturated heterocycles. The van der Waals surface area contributed by atoms with Crippen LogP contribution in [0, 0.1) is 11.3 Å². The molecule has 2 heterocycles. The van der Waals surface area contributed by atoms with Crippen molar-refractivity contribution in [2.24, 2.45) is 0 Å². The number of aromatic nitrogens is 3. The van der Waals surface area contributed by atoms with Crippen LogP contribution in [0.1, 0.15) is 5.56 Å². The summed E-state index contributed by atoms with van der Waals surface area (Å²) in [7, 11) is 0. The lowest BCUT2D eigenvalue weighted by Crippen LogP contribution is -2.00. The first-order valence-corrected chi connectivity index (χ1v) is 18.2. The van der Waals surface area contributed by atoms with Crippen molar-refractivity contribution in [1.82, 2.24) is 15.0 Å². The van der Waals surface area contributed by atoms with Gasteiger partial charge >= 0.3 is 0 Å². The van der Waals surface area contributed by atoms with Crippen LogP contribution in [0.15, 0.2) is 186 Å². The van der Waals surface area contributed by atoms with E-state index in [2.05, 4.69) is 103 Å². The Kier molecular flexibility index (Phi) is 7.79. The highest BCUT2D eigenvalue weighted by atomic mass is 16.3. The van der Waals surface area contributed by atoms with Crippen molar-refractivity contribution in [2.75, 3.05) is 0 Å². The molecule has 55 heavy (non-hydrogen) atoms. The van der Waals surface area contributed by atoms with Crippen LogP contribution in [0.5, 0.6) is 0 Å². The molecule has 0 aliphatic carbocycles. The van der Waals surface area contributed by atoms with Crippen molar-refractivity contribution in [3.8, 4) is 73.6 Å². The summed E-state index contributed by atoms with van der Waals surface area (Å²) in [6.07, 6.45) is 0. The van der Waals surface area contributed by atoms with Crippen LogP contribution in [-0.2, 0) is 0 Å². The van der Waals surface area contributed by atoms with E-state index < -0.39 is 0 Å². The number of nitriles is 1. The van der Waals surface area contributed by atoms with Gasteiger partial charge in [-0.25, -0.2) is 15.0 Å². The van der Waals surface area contributed by atoms with E-state index in [9.17, 15) is 5.26 Å². The van der Waals surface area contributed by atoms with Crippen molar-refractivity contribution >= 4 is 32.7 Å². The van der Waals surface area contributed by atoms with Gasteiger partial charge in [0, 0.05) is 32.8 Å². The minimum atomic E-state index is 0.605. The second-order valence-corrected chi connectivity index (χ2v) is 13.5. The number of benzene rings is 8. The Hall–Kier alpha value is -7.68. The molecule has 0 fully saturated rings. The molecule has 2 aromatic heterocycles. The minimum absolute atomic E-state index is 0.605. The van der Waals surface area contributed by atoms with Crippen LogP contribution in [0.4, 0.5) is 0 Å². The lowest BCUT2D eigenvalue weighted by molar-refractivity contribution is 0.673. The van der Waals surface area contributed by atoms with Crippen LogP contribution in [0.2, 0.25) is 0 Å². The Morgan fingerprint density at radius 1 is 0.382 bits per heavy atom. The van der Waals surface area contributed by atoms with Gasteiger partial charge < -0.3 is 4.42 Å². The van der Waals surface area contributed by atoms with Crippen LogP contribution in [-0.4, -0.2) is 15.0 Å². The molecular weight excluding hydrogens is 673 g/mol. The van der Waals surface area contributed by atoms with Crippen molar-refractivity contribution in [3.63, 3.8) is 0 Å². The molecule has 8 aromatic carbocycles. The minimum Gasteiger partial charge on any atom is -0.455 e. The first kappa shape index (κ1) is 32.0. The second kappa shape index (κ2) is 13.4. The first-order chi connectivity index (χ1) is 27.2. The van der Waals surface area contributed by atoms with Gasteiger partial charge in [-0.05, 0) is 69.1 Å². The molecule has 0 bridgehead atoms. The topological polar surface area (TPSA) is 75.6 Å². The summed E-state index contributed by atoms with van der Waals surface area (Å²) in [5, 5.41) is 13.6. The summed E-state index contributed by atoms with van der Waals surface area (Å²) in [6.45, 7) is 0. The zero-order valence-electron chi connectivity index (χ0n) is 29.5. The summed E-state index contributed by atoms with van der Waals surface area (Å²) in [5.74, 6) is 1.84. The monoisotopic (exact) mass is 702 g/mol. The first-order valence-electron chi connectivity index (χ1n) is 18.2. The zero-order valence-corrected chi connectivity index (χ0v) is 29.5. The fourth-order valence-corrected chi connectivity index (χ4v) is 7.47. The maximum Gasteiger partial charge on any atom is 0.164 e. The summed E-state index contributed by atoms with van der Waals surface area (Å²) >= 11 is 0. The Morgan fingerprint density at radius 2 is 0.909 bits per heavy atom. The molecule has 256 valence electrons. The molecule has 0 atom stereocenters. The lowest BCUT2D eigenvalue weighted by Gasteiger charge is -2.11. The van der Waals surface area contributed by atoms with Gasteiger partial charge in [0.2, 0.25) is 0 Å². The van der Waals surface area contributed by atoms with Gasteiger partial charge in [-0.2, -0.15) is 5.26 Å². The molecule has 10 rings (SSSR count). The van der Waals surface area contributed by atoms with E-state index in [0.717, 1.165) is 82.8 Å². The molecular formula is C50H30N4O. The van der Waals surface area contributed by atoms with E-state index in [1.165, 1.54) is 0 Å². The lowest BCUT2D eigenvalue weighted by atomic mass is 9.93. The average molecular weight is 703 g/mol. The molecule has 5 heteroatoms. The smallest absolute Gasteiger partial charge is 0.164 e.